The number of methoxy groups -OCH3 is 1. The number of rotatable bonds is 4. The van der Waals surface area contributed by atoms with E-state index in [0.717, 1.165) is 16.7 Å². The number of fused-ring (bicyclic) bond motifs is 2. The maximum absolute atomic E-state index is 13.1. The van der Waals surface area contributed by atoms with Crippen LogP contribution < -0.4 is 0 Å². The lowest BCUT2D eigenvalue weighted by molar-refractivity contribution is -0.158. The van der Waals surface area contributed by atoms with Crippen molar-refractivity contribution >= 4 is 17.4 Å². The molecule has 3 aliphatic rings. The Balaban J connectivity index is 1.72. The maximum Gasteiger partial charge on any atom is 0.309 e. The van der Waals surface area contributed by atoms with E-state index in [9.17, 15) is 9.59 Å². The summed E-state index contributed by atoms with van der Waals surface area (Å²) in [5, 5.41) is 0. The van der Waals surface area contributed by atoms with E-state index in [1.165, 1.54) is 7.11 Å². The van der Waals surface area contributed by atoms with Crippen LogP contribution in [0.25, 0.3) is 5.57 Å². The highest BCUT2D eigenvalue weighted by Gasteiger charge is 2.49. The standard InChI is InChI=1S/C22H21NO3/c1-26-22(25)19-13-20-17(16-10-6-3-7-11-16)12-18(19)21(24)23(20)14-15-8-4-2-5-9-15/h2-12,18-20H,13-14H2,1H3/t18-,19-,20-/m1/s1. The van der Waals surface area contributed by atoms with E-state index in [0.29, 0.717) is 13.0 Å². The second-order valence-corrected chi connectivity index (χ2v) is 6.85. The summed E-state index contributed by atoms with van der Waals surface area (Å²) in [6.45, 7) is 0.554. The van der Waals surface area contributed by atoms with Gasteiger partial charge in [-0.2, -0.15) is 0 Å². The molecule has 0 saturated carbocycles. The number of benzene rings is 2. The van der Waals surface area contributed by atoms with E-state index < -0.39 is 11.8 Å². The quantitative estimate of drug-likeness (QED) is 0.798. The van der Waals surface area contributed by atoms with Crippen LogP contribution in [-0.2, 0) is 20.9 Å². The van der Waals surface area contributed by atoms with Crippen molar-refractivity contribution in [3.05, 3.63) is 77.9 Å². The van der Waals surface area contributed by atoms with Gasteiger partial charge in [-0.1, -0.05) is 66.7 Å². The zero-order valence-electron chi connectivity index (χ0n) is 14.7. The highest BCUT2D eigenvalue weighted by molar-refractivity contribution is 5.95. The van der Waals surface area contributed by atoms with Crippen LogP contribution in [0.15, 0.2) is 66.7 Å². The van der Waals surface area contributed by atoms with Crippen molar-refractivity contribution in [1.82, 2.24) is 4.90 Å². The van der Waals surface area contributed by atoms with Gasteiger partial charge in [-0.05, 0) is 23.1 Å². The van der Waals surface area contributed by atoms with Gasteiger partial charge in [0, 0.05) is 6.54 Å². The number of hydrogen-bond donors (Lipinski definition) is 0. The van der Waals surface area contributed by atoms with Gasteiger partial charge in [0.25, 0.3) is 0 Å². The first kappa shape index (κ1) is 16.6. The fraction of sp³-hybridized carbons (Fsp3) is 0.273. The summed E-state index contributed by atoms with van der Waals surface area (Å²) in [4.78, 5) is 27.2. The molecule has 0 radical (unpaired) electrons. The summed E-state index contributed by atoms with van der Waals surface area (Å²) < 4.78 is 4.95. The highest BCUT2D eigenvalue weighted by atomic mass is 16.5. The third-order valence-electron chi connectivity index (χ3n) is 5.38. The minimum Gasteiger partial charge on any atom is -0.469 e. The van der Waals surface area contributed by atoms with E-state index in [1.54, 1.807) is 0 Å². The Morgan fingerprint density at radius 2 is 1.73 bits per heavy atom. The molecule has 2 heterocycles. The number of hydrogen-bond acceptors (Lipinski definition) is 3. The Labute approximate surface area is 153 Å². The maximum atomic E-state index is 13.1. The number of amides is 1. The molecule has 0 aromatic heterocycles. The lowest BCUT2D eigenvalue weighted by Crippen LogP contribution is -2.56. The van der Waals surface area contributed by atoms with Crippen LogP contribution in [0.2, 0.25) is 0 Å². The zero-order valence-corrected chi connectivity index (χ0v) is 14.7. The molecule has 3 atom stereocenters. The molecule has 0 unspecified atom stereocenters. The Hall–Kier alpha value is -2.88. The number of esters is 1. The largest absolute Gasteiger partial charge is 0.469 e. The molecule has 2 bridgehead atoms. The molecule has 4 nitrogen and oxygen atoms in total. The van der Waals surface area contributed by atoms with Crippen molar-refractivity contribution in [2.24, 2.45) is 11.8 Å². The minimum atomic E-state index is -0.452. The molecular weight excluding hydrogens is 326 g/mol. The van der Waals surface area contributed by atoms with Crippen molar-refractivity contribution in [2.45, 2.75) is 19.0 Å². The SMILES string of the molecule is COC(=O)[C@@H]1C[C@@H]2C(c3ccccc3)=C[C@H]1C(=O)N2Cc1ccccc1. The Morgan fingerprint density at radius 3 is 2.38 bits per heavy atom. The van der Waals surface area contributed by atoms with E-state index in [2.05, 4.69) is 12.1 Å². The molecule has 1 amide bonds. The van der Waals surface area contributed by atoms with Crippen molar-refractivity contribution in [3.8, 4) is 0 Å². The predicted octanol–water partition coefficient (Wildman–Crippen LogP) is 3.29. The smallest absolute Gasteiger partial charge is 0.309 e. The molecule has 0 N–H and O–H groups in total. The molecule has 26 heavy (non-hydrogen) atoms. The molecular formula is C22H21NO3. The lowest BCUT2D eigenvalue weighted by Gasteiger charge is -2.47. The molecule has 1 saturated heterocycles. The number of carbonyl (C=O) groups is 2. The van der Waals surface area contributed by atoms with Gasteiger partial charge >= 0.3 is 5.97 Å². The van der Waals surface area contributed by atoms with Crippen LogP contribution in [0.5, 0.6) is 0 Å². The monoisotopic (exact) mass is 347 g/mol. The lowest BCUT2D eigenvalue weighted by atomic mass is 9.71. The first-order valence-corrected chi connectivity index (χ1v) is 8.88. The number of carbonyl (C=O) groups excluding carboxylic acids is 2. The molecule has 2 aromatic carbocycles. The van der Waals surface area contributed by atoms with Gasteiger partial charge in [-0.3, -0.25) is 9.59 Å². The van der Waals surface area contributed by atoms with Crippen molar-refractivity contribution in [1.29, 1.82) is 0 Å². The fourth-order valence-electron chi connectivity index (χ4n) is 4.10. The molecule has 132 valence electrons. The zero-order chi connectivity index (χ0) is 18.1. The van der Waals surface area contributed by atoms with Gasteiger partial charge < -0.3 is 9.64 Å². The Morgan fingerprint density at radius 1 is 1.08 bits per heavy atom. The molecule has 5 rings (SSSR count). The Bertz CT molecular complexity index is 844. The van der Waals surface area contributed by atoms with Crippen LogP contribution in [0, 0.1) is 11.8 Å². The number of nitrogens with zero attached hydrogens (tertiary/aromatic N) is 1. The van der Waals surface area contributed by atoms with Crippen LogP contribution in [-0.4, -0.2) is 29.9 Å². The predicted molar refractivity (Wildman–Crippen MR) is 98.8 cm³/mol. The molecule has 1 aliphatic carbocycles. The minimum absolute atomic E-state index is 0.0141. The number of ether oxygens (including phenoxy) is 1. The van der Waals surface area contributed by atoms with Crippen LogP contribution in [0.1, 0.15) is 17.5 Å². The van der Waals surface area contributed by atoms with Gasteiger partial charge in [-0.25, -0.2) is 0 Å². The first-order chi connectivity index (χ1) is 12.7. The fourth-order valence-corrected chi connectivity index (χ4v) is 4.10. The summed E-state index contributed by atoms with van der Waals surface area (Å²) in [5.41, 5.74) is 3.33. The van der Waals surface area contributed by atoms with Crippen LogP contribution in [0.4, 0.5) is 0 Å². The van der Waals surface area contributed by atoms with Crippen molar-refractivity contribution in [2.75, 3.05) is 7.11 Å². The highest BCUT2D eigenvalue weighted by Crippen LogP contribution is 2.44. The summed E-state index contributed by atoms with van der Waals surface area (Å²) in [5.74, 6) is -1.13. The summed E-state index contributed by atoms with van der Waals surface area (Å²) >= 11 is 0. The summed E-state index contributed by atoms with van der Waals surface area (Å²) in [6.07, 6.45) is 2.59. The average Bonchev–Trinajstić information content (AvgIpc) is 2.71. The molecule has 4 heteroatoms. The summed E-state index contributed by atoms with van der Waals surface area (Å²) in [6, 6.07) is 20.0. The van der Waals surface area contributed by atoms with Gasteiger partial charge in [0.1, 0.15) is 0 Å². The van der Waals surface area contributed by atoms with Gasteiger partial charge in [-0.15, -0.1) is 0 Å². The van der Waals surface area contributed by atoms with E-state index in [4.69, 9.17) is 4.74 Å². The second kappa shape index (κ2) is 6.79. The van der Waals surface area contributed by atoms with Crippen LogP contribution in [0.3, 0.4) is 0 Å². The molecule has 0 spiro atoms. The van der Waals surface area contributed by atoms with E-state index in [-0.39, 0.29) is 17.9 Å². The topological polar surface area (TPSA) is 46.6 Å². The van der Waals surface area contributed by atoms with Crippen LogP contribution >= 0.6 is 0 Å². The second-order valence-electron chi connectivity index (χ2n) is 6.85. The average molecular weight is 347 g/mol. The molecule has 1 fully saturated rings. The van der Waals surface area contributed by atoms with Gasteiger partial charge in [0.15, 0.2) is 0 Å². The van der Waals surface area contributed by atoms with Gasteiger partial charge in [0.05, 0.1) is 25.0 Å². The number of piperidine rings is 1. The normalized spacial score (nSPS) is 24.3. The summed E-state index contributed by atoms with van der Waals surface area (Å²) in [7, 11) is 1.39. The third kappa shape index (κ3) is 2.81. The Kier molecular flexibility index (Phi) is 4.33. The first-order valence-electron chi connectivity index (χ1n) is 8.88. The van der Waals surface area contributed by atoms with Crippen molar-refractivity contribution in [3.63, 3.8) is 0 Å². The van der Waals surface area contributed by atoms with Crippen molar-refractivity contribution < 1.29 is 14.3 Å². The van der Waals surface area contributed by atoms with E-state index >= 15 is 0 Å². The third-order valence-corrected chi connectivity index (χ3v) is 5.38. The van der Waals surface area contributed by atoms with E-state index in [1.807, 2.05) is 59.5 Å². The van der Waals surface area contributed by atoms with Gasteiger partial charge in [0.2, 0.25) is 5.91 Å². The molecule has 2 aliphatic heterocycles. The molecule has 2 aromatic rings.